The molecular formula is C5H6N2O3. The molecule has 1 amide bonds. The van der Waals surface area contributed by atoms with Gasteiger partial charge in [-0.05, 0) is 0 Å². The molecule has 0 saturated heterocycles. The van der Waals surface area contributed by atoms with Crippen LogP contribution in [0.4, 0.5) is 4.79 Å². The zero-order valence-electron chi connectivity index (χ0n) is 5.03. The second kappa shape index (κ2) is 2.88. The first-order valence-corrected chi connectivity index (χ1v) is 2.53. The maximum Gasteiger partial charge on any atom is 0.426 e. The molecule has 0 spiro atoms. The van der Waals surface area contributed by atoms with Crippen molar-refractivity contribution in [3.05, 3.63) is 18.6 Å². The van der Waals surface area contributed by atoms with Crippen molar-refractivity contribution in [3.8, 4) is 5.75 Å². The van der Waals surface area contributed by atoms with E-state index in [2.05, 4.69) is 9.15 Å². The molecule has 0 atom stereocenters. The van der Waals surface area contributed by atoms with E-state index in [-0.39, 0.29) is 0 Å². The summed E-state index contributed by atoms with van der Waals surface area (Å²) in [5, 5.41) is 0. The number of ether oxygens (including phenoxy) is 1. The van der Waals surface area contributed by atoms with Crippen molar-refractivity contribution in [2.75, 3.05) is 0 Å². The van der Waals surface area contributed by atoms with Gasteiger partial charge in [0.25, 0.3) is 0 Å². The Labute approximate surface area is 56.7 Å². The van der Waals surface area contributed by atoms with Crippen LogP contribution in [0, 0.1) is 0 Å². The topological polar surface area (TPSA) is 77.5 Å². The molecule has 0 unspecified atom stereocenters. The molecular weight excluding hydrogens is 136 g/mol. The predicted octanol–water partition coefficient (Wildman–Crippen LogP) is 0.242. The number of hydrogen-bond acceptors (Lipinski definition) is 4. The van der Waals surface area contributed by atoms with Crippen molar-refractivity contribution in [2.24, 2.45) is 5.84 Å². The SMILES string of the molecule is NNC(=O)Oc1ccoc1. The molecule has 3 N–H and O–H groups in total. The number of furan rings is 1. The lowest BCUT2D eigenvalue weighted by atomic mass is 10.6. The Bertz CT molecular complexity index is 207. The molecule has 5 nitrogen and oxygen atoms in total. The van der Waals surface area contributed by atoms with Crippen molar-refractivity contribution >= 4 is 6.09 Å². The van der Waals surface area contributed by atoms with Gasteiger partial charge in [0, 0.05) is 6.07 Å². The molecule has 0 aliphatic heterocycles. The number of amides is 1. The Hall–Kier alpha value is -1.49. The van der Waals surface area contributed by atoms with Crippen molar-refractivity contribution < 1.29 is 13.9 Å². The molecule has 1 aromatic heterocycles. The lowest BCUT2D eigenvalue weighted by Crippen LogP contribution is -2.32. The quantitative estimate of drug-likeness (QED) is 0.334. The van der Waals surface area contributed by atoms with Gasteiger partial charge < -0.3 is 9.15 Å². The summed E-state index contributed by atoms with van der Waals surface area (Å²) in [4.78, 5) is 10.4. The molecule has 0 aliphatic rings. The molecule has 5 heteroatoms. The summed E-state index contributed by atoms with van der Waals surface area (Å²) < 4.78 is 9.15. The number of carbonyl (C=O) groups excluding carboxylic acids is 1. The Morgan fingerprint density at radius 2 is 2.60 bits per heavy atom. The van der Waals surface area contributed by atoms with Gasteiger partial charge in [0.15, 0.2) is 5.75 Å². The van der Waals surface area contributed by atoms with Crippen molar-refractivity contribution in [1.29, 1.82) is 0 Å². The molecule has 0 radical (unpaired) electrons. The Morgan fingerprint density at radius 1 is 1.80 bits per heavy atom. The summed E-state index contributed by atoms with van der Waals surface area (Å²) in [6.07, 6.45) is 1.95. The van der Waals surface area contributed by atoms with E-state index in [1.165, 1.54) is 18.6 Å². The van der Waals surface area contributed by atoms with E-state index in [0.29, 0.717) is 5.75 Å². The molecule has 0 saturated carbocycles. The van der Waals surface area contributed by atoms with Crippen LogP contribution in [0.3, 0.4) is 0 Å². The smallest absolute Gasteiger partial charge is 0.426 e. The highest BCUT2D eigenvalue weighted by atomic mass is 16.6. The monoisotopic (exact) mass is 142 g/mol. The first kappa shape index (κ1) is 6.63. The van der Waals surface area contributed by atoms with E-state index < -0.39 is 6.09 Å². The minimum atomic E-state index is -0.721. The third kappa shape index (κ3) is 1.49. The fourth-order valence-corrected chi connectivity index (χ4v) is 0.447. The van der Waals surface area contributed by atoms with E-state index >= 15 is 0 Å². The molecule has 0 aliphatic carbocycles. The van der Waals surface area contributed by atoms with Gasteiger partial charge in [0.1, 0.15) is 6.26 Å². The van der Waals surface area contributed by atoms with E-state index in [0.717, 1.165) is 0 Å². The van der Waals surface area contributed by atoms with Crippen molar-refractivity contribution in [2.45, 2.75) is 0 Å². The molecule has 1 rings (SSSR count). The Balaban J connectivity index is 2.48. The van der Waals surface area contributed by atoms with Crippen LogP contribution >= 0.6 is 0 Å². The summed E-state index contributed by atoms with van der Waals surface area (Å²) in [5.74, 6) is 5.06. The molecule has 0 bridgehead atoms. The van der Waals surface area contributed by atoms with Gasteiger partial charge in [-0.3, -0.25) is 5.43 Å². The normalized spacial score (nSPS) is 8.90. The summed E-state index contributed by atoms with van der Waals surface area (Å²) in [6.45, 7) is 0. The Kier molecular flexibility index (Phi) is 1.91. The van der Waals surface area contributed by atoms with Crippen LogP contribution < -0.4 is 16.0 Å². The van der Waals surface area contributed by atoms with E-state index in [1.807, 2.05) is 0 Å². The van der Waals surface area contributed by atoms with Crippen LogP contribution in [0.25, 0.3) is 0 Å². The largest absolute Gasteiger partial charge is 0.469 e. The number of rotatable bonds is 1. The van der Waals surface area contributed by atoms with Crippen LogP contribution in [0.1, 0.15) is 0 Å². The van der Waals surface area contributed by atoms with Gasteiger partial charge in [-0.2, -0.15) is 0 Å². The fraction of sp³-hybridized carbons (Fsp3) is 0. The average molecular weight is 142 g/mol. The summed E-state index contributed by atoms with van der Waals surface area (Å²) in [7, 11) is 0. The van der Waals surface area contributed by atoms with E-state index in [4.69, 9.17) is 5.84 Å². The van der Waals surface area contributed by atoms with Crippen LogP contribution in [0.5, 0.6) is 5.75 Å². The maximum atomic E-state index is 10.4. The summed E-state index contributed by atoms with van der Waals surface area (Å²) in [6, 6.07) is 1.50. The highest BCUT2D eigenvalue weighted by Crippen LogP contribution is 2.09. The van der Waals surface area contributed by atoms with Crippen LogP contribution in [0.2, 0.25) is 0 Å². The Morgan fingerprint density at radius 3 is 3.10 bits per heavy atom. The number of nitrogens with two attached hydrogens (primary N) is 1. The standard InChI is InChI=1S/C5H6N2O3/c6-7-5(8)10-4-1-2-9-3-4/h1-3H,6H2,(H,7,8). The summed E-state index contributed by atoms with van der Waals surface area (Å²) >= 11 is 0. The zero-order valence-corrected chi connectivity index (χ0v) is 5.03. The lowest BCUT2D eigenvalue weighted by Gasteiger charge is -1.96. The van der Waals surface area contributed by atoms with Gasteiger partial charge >= 0.3 is 6.09 Å². The van der Waals surface area contributed by atoms with Gasteiger partial charge in [-0.25, -0.2) is 10.6 Å². The second-order valence-electron chi connectivity index (χ2n) is 1.49. The summed E-state index contributed by atoms with van der Waals surface area (Å²) in [5.41, 5.74) is 1.80. The lowest BCUT2D eigenvalue weighted by molar-refractivity contribution is 0.200. The van der Waals surface area contributed by atoms with E-state index in [1.54, 1.807) is 5.43 Å². The van der Waals surface area contributed by atoms with Crippen molar-refractivity contribution in [3.63, 3.8) is 0 Å². The fourth-order valence-electron chi connectivity index (χ4n) is 0.447. The van der Waals surface area contributed by atoms with Gasteiger partial charge in [0.05, 0.1) is 6.26 Å². The van der Waals surface area contributed by atoms with E-state index in [9.17, 15) is 4.79 Å². The van der Waals surface area contributed by atoms with Crippen LogP contribution in [-0.4, -0.2) is 6.09 Å². The van der Waals surface area contributed by atoms with Gasteiger partial charge in [0.2, 0.25) is 0 Å². The highest BCUT2D eigenvalue weighted by molar-refractivity contribution is 5.69. The predicted molar refractivity (Wildman–Crippen MR) is 32.1 cm³/mol. The third-order valence-corrected chi connectivity index (χ3v) is 0.823. The average Bonchev–Trinajstić information content (AvgIpc) is 2.40. The van der Waals surface area contributed by atoms with Crippen LogP contribution in [-0.2, 0) is 0 Å². The number of carbonyl (C=O) groups is 1. The van der Waals surface area contributed by atoms with Crippen LogP contribution in [0.15, 0.2) is 23.0 Å². The zero-order chi connectivity index (χ0) is 7.40. The second-order valence-corrected chi connectivity index (χ2v) is 1.49. The van der Waals surface area contributed by atoms with Crippen molar-refractivity contribution in [1.82, 2.24) is 5.43 Å². The molecule has 0 fully saturated rings. The first-order chi connectivity index (χ1) is 4.83. The third-order valence-electron chi connectivity index (χ3n) is 0.823. The number of hydrazine groups is 1. The molecule has 0 aromatic carbocycles. The molecule has 54 valence electrons. The van der Waals surface area contributed by atoms with Gasteiger partial charge in [-0.1, -0.05) is 0 Å². The minimum Gasteiger partial charge on any atom is -0.469 e. The molecule has 10 heavy (non-hydrogen) atoms. The number of hydrogen-bond donors (Lipinski definition) is 2. The minimum absolute atomic E-state index is 0.322. The number of nitrogens with one attached hydrogen (secondary N) is 1. The maximum absolute atomic E-state index is 10.4. The first-order valence-electron chi connectivity index (χ1n) is 2.53. The van der Waals surface area contributed by atoms with Gasteiger partial charge in [-0.15, -0.1) is 0 Å². The molecule has 1 heterocycles. The molecule has 1 aromatic rings. The highest BCUT2D eigenvalue weighted by Gasteiger charge is 2.00.